The Hall–Kier alpha value is -2.76. The highest BCUT2D eigenvalue weighted by Crippen LogP contribution is 2.31. The van der Waals surface area contributed by atoms with Gasteiger partial charge in [0.25, 0.3) is 0 Å². The van der Waals surface area contributed by atoms with E-state index in [-0.39, 0.29) is 12.1 Å². The topological polar surface area (TPSA) is 55.1 Å². The van der Waals surface area contributed by atoms with Crippen molar-refractivity contribution in [3.63, 3.8) is 0 Å². The van der Waals surface area contributed by atoms with E-state index in [9.17, 15) is 4.79 Å². The van der Waals surface area contributed by atoms with Gasteiger partial charge in [0, 0.05) is 38.6 Å². The molecule has 2 amide bonds. The fraction of sp³-hybridized carbons (Fsp3) is 0.400. The fourth-order valence-electron chi connectivity index (χ4n) is 3.99. The number of carbonyl (C=O) groups is 1. The number of para-hydroxylation sites is 2. The minimum Gasteiger partial charge on any atom is -0.353 e. The molecule has 1 aliphatic rings. The molecule has 0 radical (unpaired) electrons. The monoisotopic (exact) mass is 351 g/mol. The van der Waals surface area contributed by atoms with Gasteiger partial charge in [0.1, 0.15) is 5.82 Å². The first-order valence-electron chi connectivity index (χ1n) is 9.23. The molecule has 1 N–H and O–H groups in total. The van der Waals surface area contributed by atoms with Crippen molar-refractivity contribution in [3.05, 3.63) is 54.1 Å². The van der Waals surface area contributed by atoms with E-state index >= 15 is 0 Å². The minimum atomic E-state index is 0.0239. The number of rotatable bonds is 4. The third-order valence-corrected chi connectivity index (χ3v) is 5.30. The van der Waals surface area contributed by atoms with E-state index in [4.69, 9.17) is 0 Å². The molecular weight excluding hydrogens is 326 g/mol. The van der Waals surface area contributed by atoms with Crippen molar-refractivity contribution in [3.8, 4) is 0 Å². The minimum absolute atomic E-state index is 0.0239. The average Bonchev–Trinajstić information content (AvgIpc) is 3.33. The summed E-state index contributed by atoms with van der Waals surface area (Å²) >= 11 is 0. The number of nitrogens with one attached hydrogen (secondary N) is 1. The normalized spacial score (nSPS) is 17.2. The Morgan fingerprint density at radius 3 is 2.92 bits per heavy atom. The number of urea groups is 1. The van der Waals surface area contributed by atoms with Crippen molar-refractivity contribution in [2.45, 2.75) is 32.4 Å². The smallest absolute Gasteiger partial charge is 0.318 e. The lowest BCUT2D eigenvalue weighted by Gasteiger charge is -2.25. The Labute approximate surface area is 153 Å². The van der Waals surface area contributed by atoms with Crippen LogP contribution < -0.4 is 5.32 Å². The lowest BCUT2D eigenvalue weighted by atomic mass is 10.1. The molecule has 26 heavy (non-hydrogen) atoms. The second kappa shape index (κ2) is 6.86. The van der Waals surface area contributed by atoms with Gasteiger partial charge < -0.3 is 19.4 Å². The lowest BCUT2D eigenvalue weighted by molar-refractivity contribution is 0.191. The van der Waals surface area contributed by atoms with Gasteiger partial charge in [-0.2, -0.15) is 0 Å². The van der Waals surface area contributed by atoms with Crippen LogP contribution in [0.3, 0.4) is 0 Å². The number of hydrogen-bond donors (Lipinski definition) is 1. The number of benzene rings is 1. The van der Waals surface area contributed by atoms with Crippen LogP contribution in [0.15, 0.2) is 42.6 Å². The Morgan fingerprint density at radius 2 is 2.12 bits per heavy atom. The number of nitrogens with zero attached hydrogens (tertiary/aromatic N) is 4. The third kappa shape index (κ3) is 2.96. The summed E-state index contributed by atoms with van der Waals surface area (Å²) < 4.78 is 4.27. The summed E-state index contributed by atoms with van der Waals surface area (Å²) in [6, 6.07) is 12.5. The second-order valence-corrected chi connectivity index (χ2v) is 6.93. The predicted molar refractivity (Wildman–Crippen MR) is 102 cm³/mol. The van der Waals surface area contributed by atoms with E-state index in [0.717, 1.165) is 42.8 Å². The molecular formula is C20H25N5O. The summed E-state index contributed by atoms with van der Waals surface area (Å²) in [5.74, 6) is 0.975. The van der Waals surface area contributed by atoms with E-state index in [1.807, 2.05) is 49.3 Å². The van der Waals surface area contributed by atoms with Crippen molar-refractivity contribution in [2.24, 2.45) is 7.05 Å². The van der Waals surface area contributed by atoms with Crippen LogP contribution in [0.25, 0.3) is 11.0 Å². The van der Waals surface area contributed by atoms with E-state index < -0.39 is 0 Å². The number of hydrogen-bond acceptors (Lipinski definition) is 2. The zero-order valence-corrected chi connectivity index (χ0v) is 15.4. The molecule has 1 unspecified atom stereocenters. The molecule has 1 aromatic carbocycles. The van der Waals surface area contributed by atoms with Crippen LogP contribution in [-0.2, 0) is 13.6 Å². The largest absolute Gasteiger partial charge is 0.353 e. The van der Waals surface area contributed by atoms with Crippen molar-refractivity contribution in [2.75, 3.05) is 13.1 Å². The summed E-state index contributed by atoms with van der Waals surface area (Å²) in [5, 5.41) is 3.10. The maximum absolute atomic E-state index is 12.7. The molecule has 0 aliphatic carbocycles. The molecule has 1 aliphatic heterocycles. The van der Waals surface area contributed by atoms with Crippen LogP contribution in [0.4, 0.5) is 4.79 Å². The number of amides is 2. The van der Waals surface area contributed by atoms with Gasteiger partial charge >= 0.3 is 6.03 Å². The van der Waals surface area contributed by atoms with Crippen LogP contribution in [0, 0.1) is 6.92 Å². The van der Waals surface area contributed by atoms with E-state index in [1.165, 1.54) is 5.69 Å². The van der Waals surface area contributed by atoms with Crippen LogP contribution in [0.2, 0.25) is 0 Å². The molecule has 2 aromatic heterocycles. The summed E-state index contributed by atoms with van der Waals surface area (Å²) in [6.45, 7) is 4.14. The highest BCUT2D eigenvalue weighted by molar-refractivity contribution is 5.76. The first-order chi connectivity index (χ1) is 12.6. The zero-order chi connectivity index (χ0) is 18.1. The maximum atomic E-state index is 12.7. The third-order valence-electron chi connectivity index (χ3n) is 5.30. The van der Waals surface area contributed by atoms with E-state index in [1.54, 1.807) is 0 Å². The van der Waals surface area contributed by atoms with Crippen LogP contribution >= 0.6 is 0 Å². The number of aromatic nitrogens is 3. The van der Waals surface area contributed by atoms with Crippen molar-refractivity contribution >= 4 is 17.1 Å². The van der Waals surface area contributed by atoms with Gasteiger partial charge in [0.05, 0.1) is 17.1 Å². The highest BCUT2D eigenvalue weighted by atomic mass is 16.2. The van der Waals surface area contributed by atoms with Crippen molar-refractivity contribution < 1.29 is 4.79 Å². The number of likely N-dealkylation sites (tertiary alicyclic amines) is 1. The Morgan fingerprint density at radius 1 is 1.27 bits per heavy atom. The van der Waals surface area contributed by atoms with Gasteiger partial charge in [0.2, 0.25) is 0 Å². The number of fused-ring (bicyclic) bond motifs is 1. The molecule has 1 saturated heterocycles. The average molecular weight is 351 g/mol. The molecule has 0 bridgehead atoms. The number of aryl methyl sites for hydroxylation is 2. The first-order valence-corrected chi connectivity index (χ1v) is 9.23. The summed E-state index contributed by atoms with van der Waals surface area (Å²) in [4.78, 5) is 19.3. The highest BCUT2D eigenvalue weighted by Gasteiger charge is 2.31. The van der Waals surface area contributed by atoms with Crippen LogP contribution in [0.5, 0.6) is 0 Å². The summed E-state index contributed by atoms with van der Waals surface area (Å²) in [5.41, 5.74) is 3.32. The quantitative estimate of drug-likeness (QED) is 0.785. The van der Waals surface area contributed by atoms with Gasteiger partial charge in [-0.15, -0.1) is 0 Å². The molecule has 6 nitrogen and oxygen atoms in total. The van der Waals surface area contributed by atoms with Crippen molar-refractivity contribution in [1.29, 1.82) is 0 Å². The second-order valence-electron chi connectivity index (χ2n) is 6.93. The van der Waals surface area contributed by atoms with Gasteiger partial charge in [-0.1, -0.05) is 12.1 Å². The molecule has 1 fully saturated rings. The standard InChI is InChI=1S/C20H25N5O/c1-15-22-16-7-3-4-8-17(16)24(15)14-11-21-20(26)25-13-6-10-19(25)18-9-5-12-23(18)2/h3-5,7-9,12,19H,6,10-11,13-14H2,1-2H3,(H,21,26). The Kier molecular flexibility index (Phi) is 4.41. The van der Waals surface area contributed by atoms with Crippen LogP contribution in [-0.4, -0.2) is 38.1 Å². The molecule has 3 aromatic rings. The molecule has 3 heterocycles. The SMILES string of the molecule is Cc1nc2ccccc2n1CCNC(=O)N1CCCC1c1cccn1C. The van der Waals surface area contributed by atoms with E-state index in [0.29, 0.717) is 6.54 Å². The van der Waals surface area contributed by atoms with E-state index in [2.05, 4.69) is 31.6 Å². The van der Waals surface area contributed by atoms with Gasteiger partial charge in [-0.05, 0) is 44.0 Å². The molecule has 0 saturated carbocycles. The number of imidazole rings is 1. The molecule has 0 spiro atoms. The van der Waals surface area contributed by atoms with Gasteiger partial charge in [0.15, 0.2) is 0 Å². The maximum Gasteiger partial charge on any atom is 0.318 e. The summed E-state index contributed by atoms with van der Waals surface area (Å²) in [6.07, 6.45) is 4.11. The lowest BCUT2D eigenvalue weighted by Crippen LogP contribution is -2.41. The molecule has 6 heteroatoms. The molecule has 1 atom stereocenters. The first kappa shape index (κ1) is 16.7. The van der Waals surface area contributed by atoms with Gasteiger partial charge in [-0.25, -0.2) is 9.78 Å². The van der Waals surface area contributed by atoms with Crippen molar-refractivity contribution in [1.82, 2.24) is 24.3 Å². The molecule has 4 rings (SSSR count). The van der Waals surface area contributed by atoms with Gasteiger partial charge in [-0.3, -0.25) is 0 Å². The predicted octanol–water partition coefficient (Wildman–Crippen LogP) is 3.23. The fourth-order valence-corrected chi connectivity index (χ4v) is 3.99. The molecule has 136 valence electrons. The Bertz CT molecular complexity index is 925. The summed E-state index contributed by atoms with van der Waals surface area (Å²) in [7, 11) is 2.04. The Balaban J connectivity index is 1.41. The zero-order valence-electron chi connectivity index (χ0n) is 15.4. The van der Waals surface area contributed by atoms with Crippen LogP contribution in [0.1, 0.15) is 30.4 Å². The number of carbonyl (C=O) groups excluding carboxylic acids is 1.